The molecule has 4 heteroatoms. The summed E-state index contributed by atoms with van der Waals surface area (Å²) >= 11 is 0. The first kappa shape index (κ1) is 16.4. The number of benzene rings is 2. The summed E-state index contributed by atoms with van der Waals surface area (Å²) in [6.07, 6.45) is 2.51. The van der Waals surface area contributed by atoms with Crippen molar-refractivity contribution in [2.45, 2.75) is 26.4 Å². The van der Waals surface area contributed by atoms with Crippen LogP contribution in [0.5, 0.6) is 5.75 Å². The standard InChI is InChI=1S/C22H21N3O/c1-16-11-22(25-9-2-3-10-25)20-8-7-19(13-21(20)24-16)26-15-18-6-4-5-17(12-18)14-23/h4-8,11-13H,2-3,9-10,15H2,1H3. The van der Waals surface area contributed by atoms with Gasteiger partial charge in [0, 0.05) is 35.9 Å². The van der Waals surface area contributed by atoms with Crippen LogP contribution in [-0.2, 0) is 6.61 Å². The number of aromatic nitrogens is 1. The number of hydrogen-bond acceptors (Lipinski definition) is 4. The summed E-state index contributed by atoms with van der Waals surface area (Å²) in [6, 6.07) is 18.0. The highest BCUT2D eigenvalue weighted by Crippen LogP contribution is 2.31. The van der Waals surface area contributed by atoms with E-state index >= 15 is 0 Å². The smallest absolute Gasteiger partial charge is 0.122 e. The largest absolute Gasteiger partial charge is 0.489 e. The van der Waals surface area contributed by atoms with E-state index in [0.717, 1.165) is 35.6 Å². The molecule has 3 aromatic rings. The average molecular weight is 343 g/mol. The van der Waals surface area contributed by atoms with E-state index in [4.69, 9.17) is 15.0 Å². The maximum atomic E-state index is 9.00. The van der Waals surface area contributed by atoms with Gasteiger partial charge in [0.05, 0.1) is 17.1 Å². The van der Waals surface area contributed by atoms with E-state index < -0.39 is 0 Å². The van der Waals surface area contributed by atoms with Crippen LogP contribution in [0.15, 0.2) is 48.5 Å². The molecule has 0 N–H and O–H groups in total. The Morgan fingerprint density at radius 3 is 2.77 bits per heavy atom. The first-order valence-electron chi connectivity index (χ1n) is 9.01. The zero-order chi connectivity index (χ0) is 17.9. The number of nitriles is 1. The van der Waals surface area contributed by atoms with Crippen LogP contribution in [-0.4, -0.2) is 18.1 Å². The SMILES string of the molecule is Cc1cc(N2CCCC2)c2ccc(OCc3cccc(C#N)c3)cc2n1. The molecule has 1 aliphatic rings. The molecule has 0 aliphatic carbocycles. The molecular weight excluding hydrogens is 322 g/mol. The molecule has 0 amide bonds. The van der Waals surface area contributed by atoms with E-state index in [1.165, 1.54) is 23.9 Å². The highest BCUT2D eigenvalue weighted by Gasteiger charge is 2.16. The van der Waals surface area contributed by atoms with Crippen molar-refractivity contribution in [3.8, 4) is 11.8 Å². The van der Waals surface area contributed by atoms with Gasteiger partial charge in [0.25, 0.3) is 0 Å². The Morgan fingerprint density at radius 1 is 1.12 bits per heavy atom. The molecule has 0 bridgehead atoms. The van der Waals surface area contributed by atoms with Gasteiger partial charge in [-0.25, -0.2) is 0 Å². The minimum absolute atomic E-state index is 0.436. The van der Waals surface area contributed by atoms with Crippen molar-refractivity contribution >= 4 is 16.6 Å². The number of nitrogens with zero attached hydrogens (tertiary/aromatic N) is 3. The molecule has 1 saturated heterocycles. The molecule has 0 radical (unpaired) electrons. The van der Waals surface area contributed by atoms with Crippen LogP contribution in [0.25, 0.3) is 10.9 Å². The topological polar surface area (TPSA) is 49.1 Å². The van der Waals surface area contributed by atoms with Crippen molar-refractivity contribution in [2.24, 2.45) is 0 Å². The van der Waals surface area contributed by atoms with Gasteiger partial charge in [-0.2, -0.15) is 5.26 Å². The molecule has 2 heterocycles. The molecule has 130 valence electrons. The molecule has 2 aromatic carbocycles. The summed E-state index contributed by atoms with van der Waals surface area (Å²) in [6.45, 7) is 4.71. The Morgan fingerprint density at radius 2 is 1.96 bits per heavy atom. The quantitative estimate of drug-likeness (QED) is 0.695. The van der Waals surface area contributed by atoms with Gasteiger partial charge < -0.3 is 9.64 Å². The van der Waals surface area contributed by atoms with Crippen LogP contribution in [0.3, 0.4) is 0 Å². The monoisotopic (exact) mass is 343 g/mol. The van der Waals surface area contributed by atoms with Crippen LogP contribution < -0.4 is 9.64 Å². The first-order chi connectivity index (χ1) is 12.7. The maximum Gasteiger partial charge on any atom is 0.122 e. The second kappa shape index (κ2) is 7.05. The van der Waals surface area contributed by atoms with Gasteiger partial charge in [-0.1, -0.05) is 12.1 Å². The zero-order valence-electron chi connectivity index (χ0n) is 14.9. The van der Waals surface area contributed by atoms with Crippen molar-refractivity contribution < 1.29 is 4.74 Å². The fourth-order valence-corrected chi connectivity index (χ4v) is 3.53. The van der Waals surface area contributed by atoms with Crippen molar-refractivity contribution in [3.05, 3.63) is 65.4 Å². The highest BCUT2D eigenvalue weighted by atomic mass is 16.5. The van der Waals surface area contributed by atoms with Gasteiger partial charge >= 0.3 is 0 Å². The summed E-state index contributed by atoms with van der Waals surface area (Å²) < 4.78 is 5.94. The summed E-state index contributed by atoms with van der Waals surface area (Å²) in [7, 11) is 0. The van der Waals surface area contributed by atoms with Crippen LogP contribution in [0.2, 0.25) is 0 Å². The molecule has 1 aliphatic heterocycles. The first-order valence-corrected chi connectivity index (χ1v) is 9.01. The Bertz CT molecular complexity index is 984. The minimum atomic E-state index is 0.436. The van der Waals surface area contributed by atoms with Crippen LogP contribution in [0.1, 0.15) is 29.7 Å². The lowest BCUT2D eigenvalue weighted by Crippen LogP contribution is -2.18. The molecule has 0 saturated carbocycles. The summed E-state index contributed by atoms with van der Waals surface area (Å²) in [5.74, 6) is 0.797. The minimum Gasteiger partial charge on any atom is -0.489 e. The predicted octanol–water partition coefficient (Wildman–Crippen LogP) is 4.59. The lowest BCUT2D eigenvalue weighted by atomic mass is 10.1. The summed E-state index contributed by atoms with van der Waals surface area (Å²) in [5.41, 5.74) is 4.91. The maximum absolute atomic E-state index is 9.00. The molecule has 1 fully saturated rings. The number of pyridine rings is 1. The van der Waals surface area contributed by atoms with E-state index in [1.807, 2.05) is 37.3 Å². The number of hydrogen-bond donors (Lipinski definition) is 0. The number of ether oxygens (including phenoxy) is 1. The lowest BCUT2D eigenvalue weighted by Gasteiger charge is -2.20. The third-order valence-corrected chi connectivity index (χ3v) is 4.80. The molecule has 4 nitrogen and oxygen atoms in total. The van der Waals surface area contributed by atoms with Gasteiger partial charge in [-0.05, 0) is 55.7 Å². The Kier molecular flexibility index (Phi) is 4.45. The van der Waals surface area contributed by atoms with Gasteiger partial charge in [-0.3, -0.25) is 4.98 Å². The fraction of sp³-hybridized carbons (Fsp3) is 0.273. The molecule has 1 aromatic heterocycles. The average Bonchev–Trinajstić information content (AvgIpc) is 3.20. The van der Waals surface area contributed by atoms with Crippen LogP contribution in [0.4, 0.5) is 5.69 Å². The molecule has 4 rings (SSSR count). The van der Waals surface area contributed by atoms with Gasteiger partial charge in [0.15, 0.2) is 0 Å². The molecule has 0 atom stereocenters. The molecule has 0 spiro atoms. The molecule has 26 heavy (non-hydrogen) atoms. The normalized spacial score (nSPS) is 13.8. The number of fused-ring (bicyclic) bond motifs is 1. The zero-order valence-corrected chi connectivity index (χ0v) is 14.9. The predicted molar refractivity (Wildman–Crippen MR) is 103 cm³/mol. The fourth-order valence-electron chi connectivity index (χ4n) is 3.53. The Hall–Kier alpha value is -3.06. The molecular formula is C22H21N3O. The summed E-state index contributed by atoms with van der Waals surface area (Å²) in [5, 5.41) is 10.2. The highest BCUT2D eigenvalue weighted by molar-refractivity contribution is 5.93. The van der Waals surface area contributed by atoms with Crippen molar-refractivity contribution in [1.82, 2.24) is 4.98 Å². The third kappa shape index (κ3) is 3.34. The lowest BCUT2D eigenvalue weighted by molar-refractivity contribution is 0.306. The van der Waals surface area contributed by atoms with E-state index in [2.05, 4.69) is 23.1 Å². The third-order valence-electron chi connectivity index (χ3n) is 4.80. The van der Waals surface area contributed by atoms with E-state index in [1.54, 1.807) is 6.07 Å². The second-order valence-corrected chi connectivity index (χ2v) is 6.76. The van der Waals surface area contributed by atoms with Gasteiger partial charge in [0.1, 0.15) is 12.4 Å². The Balaban J connectivity index is 1.60. The Labute approximate surface area is 153 Å². The van der Waals surface area contributed by atoms with Gasteiger partial charge in [-0.15, -0.1) is 0 Å². The second-order valence-electron chi connectivity index (χ2n) is 6.76. The van der Waals surface area contributed by atoms with E-state index in [9.17, 15) is 0 Å². The van der Waals surface area contributed by atoms with E-state index in [-0.39, 0.29) is 0 Å². The number of anilines is 1. The van der Waals surface area contributed by atoms with Crippen LogP contribution >= 0.6 is 0 Å². The number of rotatable bonds is 4. The summed E-state index contributed by atoms with van der Waals surface area (Å²) in [4.78, 5) is 7.15. The van der Waals surface area contributed by atoms with E-state index in [0.29, 0.717) is 12.2 Å². The van der Waals surface area contributed by atoms with Gasteiger partial charge in [0.2, 0.25) is 0 Å². The number of aryl methyl sites for hydroxylation is 1. The van der Waals surface area contributed by atoms with Crippen LogP contribution in [0, 0.1) is 18.3 Å². The van der Waals surface area contributed by atoms with Crippen molar-refractivity contribution in [2.75, 3.05) is 18.0 Å². The van der Waals surface area contributed by atoms with Crippen molar-refractivity contribution in [3.63, 3.8) is 0 Å². The molecule has 0 unspecified atom stereocenters. The van der Waals surface area contributed by atoms with Crippen molar-refractivity contribution in [1.29, 1.82) is 5.26 Å².